The van der Waals surface area contributed by atoms with Crippen LogP contribution in [-0.2, 0) is 14.3 Å². The Balaban J connectivity index is 2.83. The molecule has 1 aromatic heterocycles. The van der Waals surface area contributed by atoms with E-state index in [1.807, 2.05) is 0 Å². The van der Waals surface area contributed by atoms with Crippen LogP contribution < -0.4 is 16.0 Å². The molecule has 3 N–H and O–H groups in total. The van der Waals surface area contributed by atoms with Gasteiger partial charge in [0.2, 0.25) is 6.29 Å². The number of hydrazine groups is 2. The molecule has 1 rings (SSSR count). The van der Waals surface area contributed by atoms with E-state index in [0.29, 0.717) is 5.82 Å². The van der Waals surface area contributed by atoms with Crippen molar-refractivity contribution in [2.45, 2.75) is 45.3 Å². The van der Waals surface area contributed by atoms with Gasteiger partial charge in [0.05, 0.1) is 0 Å². The molecule has 0 fully saturated rings. The maximum atomic E-state index is 11.7. The minimum Gasteiger partial charge on any atom is -0.481 e. The van der Waals surface area contributed by atoms with Crippen molar-refractivity contribution in [3.05, 3.63) is 24.4 Å². The van der Waals surface area contributed by atoms with Gasteiger partial charge in [0.1, 0.15) is 17.5 Å². The third-order valence-electron chi connectivity index (χ3n) is 2.65. The summed E-state index contributed by atoms with van der Waals surface area (Å²) in [7, 11) is 0. The van der Waals surface area contributed by atoms with Crippen LogP contribution in [0.15, 0.2) is 24.4 Å². The number of hydrogen-bond donors (Lipinski definition) is 3. The first kappa shape index (κ1) is 19.4. The van der Waals surface area contributed by atoms with Crippen LogP contribution >= 0.6 is 0 Å². The number of carboxylic acid groups (broad SMARTS) is 1. The van der Waals surface area contributed by atoms with Gasteiger partial charge in [-0.25, -0.2) is 15.2 Å². The maximum Gasteiger partial charge on any atom is 0.423 e. The van der Waals surface area contributed by atoms with E-state index in [1.165, 1.54) is 11.2 Å². The third kappa shape index (κ3) is 7.05. The fourth-order valence-corrected chi connectivity index (χ4v) is 1.70. The molecule has 0 aliphatic carbocycles. The van der Waals surface area contributed by atoms with E-state index in [0.717, 1.165) is 0 Å². The van der Waals surface area contributed by atoms with Crippen LogP contribution in [0.2, 0.25) is 0 Å². The molecule has 1 heterocycles. The lowest BCUT2D eigenvalue weighted by Crippen LogP contribution is -2.56. The molecule has 24 heavy (non-hydrogen) atoms. The van der Waals surface area contributed by atoms with Gasteiger partial charge in [0.15, 0.2) is 0 Å². The van der Waals surface area contributed by atoms with Crippen molar-refractivity contribution >= 4 is 24.2 Å². The third-order valence-corrected chi connectivity index (χ3v) is 2.65. The summed E-state index contributed by atoms with van der Waals surface area (Å²) in [5, 5.41) is 10.0. The Morgan fingerprint density at radius 2 is 2.12 bits per heavy atom. The molecule has 0 saturated heterocycles. The van der Waals surface area contributed by atoms with Crippen molar-refractivity contribution in [3.8, 4) is 0 Å². The second-order valence-corrected chi connectivity index (χ2v) is 5.86. The summed E-state index contributed by atoms with van der Waals surface area (Å²) >= 11 is 0. The number of aliphatic carboxylic acids is 1. The highest BCUT2D eigenvalue weighted by Crippen LogP contribution is 2.13. The fraction of sp³-hybridized carbons (Fsp3) is 0.467. The first-order valence-electron chi connectivity index (χ1n) is 7.27. The smallest absolute Gasteiger partial charge is 0.423 e. The molecular formula is C15H21N4O5. The van der Waals surface area contributed by atoms with Gasteiger partial charge in [-0.3, -0.25) is 14.6 Å². The van der Waals surface area contributed by atoms with Gasteiger partial charge >= 0.3 is 12.1 Å². The second-order valence-electron chi connectivity index (χ2n) is 5.86. The number of nitrogens with zero attached hydrogens (tertiary/aromatic N) is 2. The molecular weight excluding hydrogens is 316 g/mol. The van der Waals surface area contributed by atoms with Crippen molar-refractivity contribution in [3.63, 3.8) is 0 Å². The zero-order valence-corrected chi connectivity index (χ0v) is 13.8. The average Bonchev–Trinajstić information content (AvgIpc) is 2.49. The minimum absolute atomic E-state index is 0.0155. The van der Waals surface area contributed by atoms with Crippen molar-refractivity contribution in [1.82, 2.24) is 15.9 Å². The van der Waals surface area contributed by atoms with Crippen molar-refractivity contribution in [1.29, 1.82) is 0 Å². The highest BCUT2D eigenvalue weighted by Gasteiger charge is 2.23. The number of nitrogens with one attached hydrogen (secondary N) is 2. The molecule has 1 radical (unpaired) electrons. The van der Waals surface area contributed by atoms with Crippen LogP contribution in [0.25, 0.3) is 0 Å². The van der Waals surface area contributed by atoms with E-state index in [4.69, 9.17) is 9.84 Å². The predicted molar refractivity (Wildman–Crippen MR) is 85.6 cm³/mol. The minimum atomic E-state index is -1.05. The highest BCUT2D eigenvalue weighted by atomic mass is 16.6. The van der Waals surface area contributed by atoms with Gasteiger partial charge in [0, 0.05) is 12.6 Å². The van der Waals surface area contributed by atoms with Crippen molar-refractivity contribution < 1.29 is 24.2 Å². The van der Waals surface area contributed by atoms with Crippen LogP contribution in [-0.4, -0.2) is 40.1 Å². The summed E-state index contributed by atoms with van der Waals surface area (Å²) in [4.78, 5) is 37.8. The molecule has 0 bridgehead atoms. The lowest BCUT2D eigenvalue weighted by Gasteiger charge is -2.29. The summed E-state index contributed by atoms with van der Waals surface area (Å²) in [6.45, 7) is 5.12. The largest absolute Gasteiger partial charge is 0.481 e. The summed E-state index contributed by atoms with van der Waals surface area (Å²) < 4.78 is 5.08. The van der Waals surface area contributed by atoms with Gasteiger partial charge < -0.3 is 9.84 Å². The van der Waals surface area contributed by atoms with Crippen LogP contribution in [0, 0.1) is 0 Å². The van der Waals surface area contributed by atoms with E-state index in [1.54, 1.807) is 45.3 Å². The predicted octanol–water partition coefficient (Wildman–Crippen LogP) is 1.18. The Bertz CT molecular complexity index is 559. The molecule has 131 valence electrons. The maximum absolute atomic E-state index is 11.7. The Morgan fingerprint density at radius 3 is 2.62 bits per heavy atom. The molecule has 1 aromatic rings. The Labute approximate surface area is 139 Å². The number of pyridine rings is 1. The van der Waals surface area contributed by atoms with Gasteiger partial charge in [-0.1, -0.05) is 6.07 Å². The number of rotatable bonds is 8. The molecule has 0 unspecified atom stereocenters. The van der Waals surface area contributed by atoms with Gasteiger partial charge in [-0.2, -0.15) is 0 Å². The Hall–Kier alpha value is -2.68. The molecule has 9 heteroatoms. The zero-order chi connectivity index (χ0) is 18.2. The molecule has 9 nitrogen and oxygen atoms in total. The van der Waals surface area contributed by atoms with Crippen LogP contribution in [0.5, 0.6) is 0 Å². The van der Waals surface area contributed by atoms with Gasteiger partial charge in [-0.05, 0) is 39.3 Å². The SMILES string of the molecule is CC(C)(C)OC(=O)NNN(c1ccccn1)[C@H]([C]=O)CCC(=O)O. The quantitative estimate of drug-likeness (QED) is 0.605. The second kappa shape index (κ2) is 8.82. The van der Waals surface area contributed by atoms with E-state index in [2.05, 4.69) is 15.9 Å². The topological polar surface area (TPSA) is 121 Å². The molecule has 0 aliphatic rings. The van der Waals surface area contributed by atoms with Crippen molar-refractivity contribution in [2.24, 2.45) is 0 Å². The first-order valence-corrected chi connectivity index (χ1v) is 7.27. The van der Waals surface area contributed by atoms with E-state index >= 15 is 0 Å². The number of hydrogen-bond acceptors (Lipinski definition) is 7. The van der Waals surface area contributed by atoms with Gasteiger partial charge in [-0.15, -0.1) is 5.53 Å². The number of amides is 1. The van der Waals surface area contributed by atoms with E-state index in [9.17, 15) is 14.4 Å². The summed E-state index contributed by atoms with van der Waals surface area (Å²) in [6, 6.07) is 3.99. The summed E-state index contributed by atoms with van der Waals surface area (Å²) in [5.41, 5.74) is 4.12. The summed E-state index contributed by atoms with van der Waals surface area (Å²) in [6.07, 6.45) is 2.23. The standard InChI is InChI=1S/C15H21N4O5/c1-15(2,3)24-14(23)17-18-19(12-6-4-5-9-16-12)11(10-20)7-8-13(21)22/h4-6,9,11,18H,7-8H2,1-3H3,(H,17,23)(H,21,22)/t11-/m0/s1. The average molecular weight is 337 g/mol. The Morgan fingerprint density at radius 1 is 1.42 bits per heavy atom. The molecule has 0 saturated carbocycles. The van der Waals surface area contributed by atoms with Crippen LogP contribution in [0.4, 0.5) is 10.6 Å². The highest BCUT2D eigenvalue weighted by molar-refractivity contribution is 5.71. The van der Waals surface area contributed by atoms with Crippen LogP contribution in [0.3, 0.4) is 0 Å². The summed E-state index contributed by atoms with van der Waals surface area (Å²) in [5.74, 6) is -0.733. The lowest BCUT2D eigenvalue weighted by molar-refractivity contribution is -0.137. The molecule has 0 aromatic carbocycles. The molecule has 0 aliphatic heterocycles. The number of carbonyl (C=O) groups is 2. The lowest BCUT2D eigenvalue weighted by atomic mass is 10.1. The normalized spacial score (nSPS) is 12.1. The Kier molecular flexibility index (Phi) is 7.12. The molecule has 1 atom stereocenters. The van der Waals surface area contributed by atoms with Crippen molar-refractivity contribution in [2.75, 3.05) is 5.01 Å². The van der Waals surface area contributed by atoms with E-state index < -0.39 is 23.7 Å². The van der Waals surface area contributed by atoms with E-state index in [-0.39, 0.29) is 12.8 Å². The fourth-order valence-electron chi connectivity index (χ4n) is 1.70. The number of carboxylic acids is 1. The zero-order valence-electron chi connectivity index (χ0n) is 13.8. The number of carbonyl (C=O) groups excluding carboxylic acids is 2. The number of ether oxygens (including phenoxy) is 1. The monoisotopic (exact) mass is 337 g/mol. The number of anilines is 1. The van der Waals surface area contributed by atoms with Crippen LogP contribution in [0.1, 0.15) is 33.6 Å². The van der Waals surface area contributed by atoms with Gasteiger partial charge in [0.25, 0.3) is 0 Å². The first-order chi connectivity index (χ1) is 11.2. The molecule has 1 amide bonds. The molecule has 0 spiro atoms. The number of aromatic nitrogens is 1.